The number of nitrogens with one attached hydrogen (secondary N) is 2. The number of anilines is 2. The maximum Gasteiger partial charge on any atom is 0.273 e. The number of rotatable bonds is 9. The van der Waals surface area contributed by atoms with Crippen LogP contribution in [0.2, 0.25) is 0 Å². The zero-order valence-electron chi connectivity index (χ0n) is 12.6. The second-order valence-corrected chi connectivity index (χ2v) is 5.92. The van der Waals surface area contributed by atoms with Gasteiger partial charge in [0, 0.05) is 41.3 Å². The molecule has 0 amide bonds. The van der Waals surface area contributed by atoms with E-state index in [9.17, 15) is 15.2 Å². The van der Waals surface area contributed by atoms with E-state index in [-0.39, 0.29) is 23.6 Å². The molecule has 0 aromatic heterocycles. The van der Waals surface area contributed by atoms with E-state index in [0.29, 0.717) is 5.69 Å². The summed E-state index contributed by atoms with van der Waals surface area (Å²) in [6.45, 7) is 4.82. The largest absolute Gasteiger partial charge is 0.395 e. The number of nitro groups is 1. The molecule has 2 unspecified atom stereocenters. The van der Waals surface area contributed by atoms with Gasteiger partial charge >= 0.3 is 0 Å². The minimum absolute atomic E-state index is 0.00558. The van der Waals surface area contributed by atoms with Crippen molar-refractivity contribution in [3.63, 3.8) is 0 Å². The first kappa shape index (κ1) is 17.6. The molecule has 1 aromatic carbocycles. The minimum Gasteiger partial charge on any atom is -0.395 e. The summed E-state index contributed by atoms with van der Waals surface area (Å²) in [5, 5.41) is 26.8. The first-order chi connectivity index (χ1) is 10.0. The molecule has 6 nitrogen and oxygen atoms in total. The number of hydrogen-bond acceptors (Lipinski definition) is 6. The quantitative estimate of drug-likeness (QED) is 0.480. The normalized spacial score (nSPS) is 13.5. The summed E-state index contributed by atoms with van der Waals surface area (Å²) in [5.74, 6) is 0. The van der Waals surface area contributed by atoms with Gasteiger partial charge in [-0.2, -0.15) is 11.8 Å². The van der Waals surface area contributed by atoms with Crippen LogP contribution in [0.1, 0.15) is 20.3 Å². The van der Waals surface area contributed by atoms with Crippen LogP contribution >= 0.6 is 11.8 Å². The van der Waals surface area contributed by atoms with Crippen molar-refractivity contribution in [2.75, 3.05) is 30.0 Å². The fourth-order valence-corrected chi connectivity index (χ4v) is 2.59. The molecule has 7 heteroatoms. The van der Waals surface area contributed by atoms with Crippen LogP contribution in [0.3, 0.4) is 0 Å². The fourth-order valence-electron chi connectivity index (χ4n) is 1.96. The zero-order chi connectivity index (χ0) is 15.8. The third-order valence-corrected chi connectivity index (χ3v) is 4.31. The predicted octanol–water partition coefficient (Wildman–Crippen LogP) is 2.94. The van der Waals surface area contributed by atoms with Gasteiger partial charge in [0.1, 0.15) is 0 Å². The standard InChI is InChI=1S/C14H23N3O3S/c1-4-5-15-11-6-12(8-13(7-11)17(19)20)16-10(2)14(9-18)21-3/h6-8,10,14-16,18H,4-5,9H2,1-3H3. The van der Waals surface area contributed by atoms with Crippen LogP contribution in [0.5, 0.6) is 0 Å². The van der Waals surface area contributed by atoms with Crippen molar-refractivity contribution in [1.29, 1.82) is 0 Å². The number of thioether (sulfide) groups is 1. The molecule has 0 spiro atoms. The van der Waals surface area contributed by atoms with Crippen LogP contribution in [0.15, 0.2) is 18.2 Å². The molecule has 0 aliphatic heterocycles. The van der Waals surface area contributed by atoms with Gasteiger partial charge < -0.3 is 15.7 Å². The Morgan fingerprint density at radius 1 is 1.38 bits per heavy atom. The monoisotopic (exact) mass is 313 g/mol. The second-order valence-electron chi connectivity index (χ2n) is 4.84. The number of aliphatic hydroxyl groups excluding tert-OH is 1. The van der Waals surface area contributed by atoms with E-state index in [1.54, 1.807) is 11.8 Å². The van der Waals surface area contributed by atoms with Gasteiger partial charge in [-0.1, -0.05) is 6.92 Å². The van der Waals surface area contributed by atoms with E-state index in [4.69, 9.17) is 0 Å². The van der Waals surface area contributed by atoms with Gasteiger partial charge in [0.05, 0.1) is 11.5 Å². The number of aliphatic hydroxyl groups is 1. The Labute approximate surface area is 129 Å². The molecule has 0 saturated carbocycles. The Balaban J connectivity index is 2.94. The highest BCUT2D eigenvalue weighted by molar-refractivity contribution is 7.99. The second kappa shape index (κ2) is 8.74. The third-order valence-electron chi connectivity index (χ3n) is 3.14. The molecule has 3 N–H and O–H groups in total. The highest BCUT2D eigenvalue weighted by Crippen LogP contribution is 2.26. The molecule has 0 aliphatic rings. The molecule has 1 rings (SSSR count). The molecule has 1 aromatic rings. The fraction of sp³-hybridized carbons (Fsp3) is 0.571. The Morgan fingerprint density at radius 2 is 2.05 bits per heavy atom. The highest BCUT2D eigenvalue weighted by atomic mass is 32.2. The summed E-state index contributed by atoms with van der Waals surface area (Å²) < 4.78 is 0. The molecular weight excluding hydrogens is 290 g/mol. The smallest absolute Gasteiger partial charge is 0.273 e. The van der Waals surface area contributed by atoms with Gasteiger partial charge in [0.2, 0.25) is 0 Å². The molecule has 118 valence electrons. The number of benzene rings is 1. The lowest BCUT2D eigenvalue weighted by Gasteiger charge is -2.22. The van der Waals surface area contributed by atoms with Crippen molar-refractivity contribution >= 4 is 28.8 Å². The summed E-state index contributed by atoms with van der Waals surface area (Å²) >= 11 is 1.56. The van der Waals surface area contributed by atoms with Crippen LogP contribution in [0, 0.1) is 10.1 Å². The summed E-state index contributed by atoms with van der Waals surface area (Å²) in [6.07, 6.45) is 2.88. The van der Waals surface area contributed by atoms with Crippen LogP contribution in [-0.4, -0.2) is 40.7 Å². The number of nitrogens with zero attached hydrogens (tertiary/aromatic N) is 1. The average molecular weight is 313 g/mol. The maximum absolute atomic E-state index is 11.0. The summed E-state index contributed by atoms with van der Waals surface area (Å²) in [5.41, 5.74) is 1.46. The molecule has 0 aliphatic carbocycles. The number of nitro benzene ring substituents is 1. The van der Waals surface area contributed by atoms with Crippen LogP contribution in [-0.2, 0) is 0 Å². The van der Waals surface area contributed by atoms with E-state index in [1.807, 2.05) is 26.2 Å². The molecular formula is C14H23N3O3S. The predicted molar refractivity (Wildman–Crippen MR) is 89.4 cm³/mol. The SMILES string of the molecule is CCCNc1cc(NC(C)C(CO)SC)cc([N+](=O)[O-])c1. The van der Waals surface area contributed by atoms with Crippen molar-refractivity contribution in [3.8, 4) is 0 Å². The lowest BCUT2D eigenvalue weighted by Crippen LogP contribution is -2.30. The van der Waals surface area contributed by atoms with E-state index in [1.165, 1.54) is 12.1 Å². The van der Waals surface area contributed by atoms with Crippen molar-refractivity contribution in [3.05, 3.63) is 28.3 Å². The van der Waals surface area contributed by atoms with Gasteiger partial charge in [0.25, 0.3) is 5.69 Å². The lowest BCUT2D eigenvalue weighted by molar-refractivity contribution is -0.384. The van der Waals surface area contributed by atoms with Gasteiger partial charge in [-0.25, -0.2) is 0 Å². The molecule has 0 bridgehead atoms. The third kappa shape index (κ3) is 5.43. The van der Waals surface area contributed by atoms with Crippen LogP contribution in [0.25, 0.3) is 0 Å². The topological polar surface area (TPSA) is 87.4 Å². The molecule has 0 fully saturated rings. The summed E-state index contributed by atoms with van der Waals surface area (Å²) in [7, 11) is 0. The van der Waals surface area contributed by atoms with Gasteiger partial charge in [-0.15, -0.1) is 0 Å². The summed E-state index contributed by atoms with van der Waals surface area (Å²) in [6, 6.07) is 4.91. The van der Waals surface area contributed by atoms with Gasteiger partial charge in [-0.05, 0) is 25.7 Å². The van der Waals surface area contributed by atoms with Gasteiger partial charge in [-0.3, -0.25) is 10.1 Å². The Hall–Kier alpha value is -1.47. The van der Waals surface area contributed by atoms with Crippen molar-refractivity contribution in [2.45, 2.75) is 31.6 Å². The lowest BCUT2D eigenvalue weighted by atomic mass is 10.2. The first-order valence-corrected chi connectivity index (χ1v) is 8.24. The highest BCUT2D eigenvalue weighted by Gasteiger charge is 2.17. The Morgan fingerprint density at radius 3 is 2.57 bits per heavy atom. The van der Waals surface area contributed by atoms with Crippen molar-refractivity contribution < 1.29 is 10.0 Å². The number of hydrogen-bond donors (Lipinski definition) is 3. The zero-order valence-corrected chi connectivity index (χ0v) is 13.4. The van der Waals surface area contributed by atoms with E-state index in [0.717, 1.165) is 18.7 Å². The molecule has 0 radical (unpaired) electrons. The summed E-state index contributed by atoms with van der Waals surface area (Å²) in [4.78, 5) is 10.6. The molecule has 0 heterocycles. The first-order valence-electron chi connectivity index (χ1n) is 6.95. The van der Waals surface area contributed by atoms with E-state index in [2.05, 4.69) is 10.6 Å². The molecule has 21 heavy (non-hydrogen) atoms. The Kier molecular flexibility index (Phi) is 7.31. The van der Waals surface area contributed by atoms with Crippen LogP contribution < -0.4 is 10.6 Å². The molecule has 2 atom stereocenters. The maximum atomic E-state index is 11.0. The number of non-ortho nitro benzene ring substituents is 1. The minimum atomic E-state index is -0.398. The molecule has 0 saturated heterocycles. The van der Waals surface area contributed by atoms with Crippen molar-refractivity contribution in [2.24, 2.45) is 0 Å². The van der Waals surface area contributed by atoms with E-state index < -0.39 is 4.92 Å². The average Bonchev–Trinajstić information content (AvgIpc) is 2.46. The van der Waals surface area contributed by atoms with Gasteiger partial charge in [0.15, 0.2) is 0 Å². The Bertz CT molecular complexity index is 467. The van der Waals surface area contributed by atoms with E-state index >= 15 is 0 Å². The van der Waals surface area contributed by atoms with Crippen molar-refractivity contribution in [1.82, 2.24) is 0 Å². The van der Waals surface area contributed by atoms with Crippen LogP contribution in [0.4, 0.5) is 17.1 Å².